The molecular weight excluding hydrogens is 224 g/mol. The average molecular weight is 250 g/mol. The van der Waals surface area contributed by atoms with Crippen LogP contribution in [0.5, 0.6) is 0 Å². The number of nitrogens with zero attached hydrogens (tertiary/aromatic N) is 1. The summed E-state index contributed by atoms with van der Waals surface area (Å²) in [6.07, 6.45) is 5.42. The van der Waals surface area contributed by atoms with Gasteiger partial charge in [0.05, 0.1) is 12.3 Å². The molecule has 0 aromatic carbocycles. The van der Waals surface area contributed by atoms with Gasteiger partial charge in [0, 0.05) is 25.0 Å². The van der Waals surface area contributed by atoms with Gasteiger partial charge in [0.1, 0.15) is 0 Å². The van der Waals surface area contributed by atoms with Crippen LogP contribution in [0.4, 0.5) is 5.69 Å². The van der Waals surface area contributed by atoms with Crippen molar-refractivity contribution in [2.24, 2.45) is 5.92 Å². The van der Waals surface area contributed by atoms with Gasteiger partial charge < -0.3 is 10.1 Å². The largest absolute Gasteiger partial charge is 0.385 e. The van der Waals surface area contributed by atoms with Gasteiger partial charge in [0.2, 0.25) is 0 Å². The van der Waals surface area contributed by atoms with Gasteiger partial charge in [-0.1, -0.05) is 27.2 Å². The molecule has 0 spiro atoms. The van der Waals surface area contributed by atoms with Crippen molar-refractivity contribution < 1.29 is 4.74 Å². The Bertz CT molecular complexity index is 328. The van der Waals surface area contributed by atoms with Crippen LogP contribution in [0.15, 0.2) is 18.3 Å². The maximum absolute atomic E-state index is 5.70. The molecule has 3 nitrogen and oxygen atoms in total. The predicted molar refractivity (Wildman–Crippen MR) is 76.7 cm³/mol. The highest BCUT2D eigenvalue weighted by molar-refractivity contribution is 5.42. The van der Waals surface area contributed by atoms with Gasteiger partial charge in [-0.3, -0.25) is 4.98 Å². The number of pyridine rings is 1. The monoisotopic (exact) mass is 250 g/mol. The lowest BCUT2D eigenvalue weighted by Gasteiger charge is -2.11. The van der Waals surface area contributed by atoms with E-state index < -0.39 is 0 Å². The number of hydrogen-bond donors (Lipinski definition) is 1. The maximum atomic E-state index is 5.70. The lowest BCUT2D eigenvalue weighted by Crippen LogP contribution is -2.07. The fourth-order valence-electron chi connectivity index (χ4n) is 1.88. The van der Waals surface area contributed by atoms with Crippen LogP contribution in [0.3, 0.4) is 0 Å². The molecular formula is C15H26N2O. The van der Waals surface area contributed by atoms with Crippen LogP contribution < -0.4 is 5.32 Å². The van der Waals surface area contributed by atoms with E-state index in [1.165, 1.54) is 12.8 Å². The van der Waals surface area contributed by atoms with Gasteiger partial charge in [0.15, 0.2) is 0 Å². The van der Waals surface area contributed by atoms with Crippen molar-refractivity contribution in [3.63, 3.8) is 0 Å². The molecule has 3 heteroatoms. The van der Waals surface area contributed by atoms with Crippen LogP contribution in [0, 0.1) is 5.92 Å². The Balaban J connectivity index is 2.33. The summed E-state index contributed by atoms with van der Waals surface area (Å²) in [5.41, 5.74) is 2.13. The summed E-state index contributed by atoms with van der Waals surface area (Å²) in [7, 11) is 0. The van der Waals surface area contributed by atoms with E-state index in [1.807, 2.05) is 12.3 Å². The maximum Gasteiger partial charge on any atom is 0.0888 e. The second-order valence-electron chi connectivity index (χ2n) is 4.87. The SMILES string of the molecule is CCCNc1ccnc(COCC(C)CCC)c1. The standard InChI is InChI=1S/C15H26N2O/c1-4-6-13(3)11-18-12-15-10-14(7-9-17-15)16-8-5-2/h7,9-10,13H,4-6,8,11-12H2,1-3H3,(H,16,17). The third-order valence-electron chi connectivity index (χ3n) is 2.83. The molecule has 1 atom stereocenters. The zero-order valence-electron chi connectivity index (χ0n) is 11.9. The first-order valence-corrected chi connectivity index (χ1v) is 7.02. The van der Waals surface area contributed by atoms with Crippen LogP contribution in [0.2, 0.25) is 0 Å². The van der Waals surface area contributed by atoms with E-state index in [9.17, 15) is 0 Å². The number of nitrogens with one attached hydrogen (secondary N) is 1. The fraction of sp³-hybridized carbons (Fsp3) is 0.667. The summed E-state index contributed by atoms with van der Waals surface area (Å²) in [4.78, 5) is 4.33. The molecule has 1 heterocycles. The van der Waals surface area contributed by atoms with Gasteiger partial charge in [-0.25, -0.2) is 0 Å². The van der Waals surface area contributed by atoms with Crippen molar-refractivity contribution in [3.8, 4) is 0 Å². The first-order chi connectivity index (χ1) is 8.76. The van der Waals surface area contributed by atoms with Gasteiger partial charge in [0.25, 0.3) is 0 Å². The molecule has 0 saturated carbocycles. The van der Waals surface area contributed by atoms with E-state index in [1.54, 1.807) is 0 Å². The van der Waals surface area contributed by atoms with E-state index in [0.717, 1.165) is 31.0 Å². The zero-order valence-corrected chi connectivity index (χ0v) is 11.9. The average Bonchev–Trinajstić information content (AvgIpc) is 2.37. The smallest absolute Gasteiger partial charge is 0.0888 e. The second-order valence-corrected chi connectivity index (χ2v) is 4.87. The molecule has 1 unspecified atom stereocenters. The lowest BCUT2D eigenvalue weighted by molar-refractivity contribution is 0.0872. The number of ether oxygens (including phenoxy) is 1. The Morgan fingerprint density at radius 1 is 1.33 bits per heavy atom. The molecule has 1 aromatic rings. The fourth-order valence-corrected chi connectivity index (χ4v) is 1.88. The van der Waals surface area contributed by atoms with E-state index in [0.29, 0.717) is 12.5 Å². The van der Waals surface area contributed by atoms with Crippen LogP contribution >= 0.6 is 0 Å². The van der Waals surface area contributed by atoms with E-state index >= 15 is 0 Å². The van der Waals surface area contributed by atoms with Crippen molar-refractivity contribution >= 4 is 5.69 Å². The summed E-state index contributed by atoms with van der Waals surface area (Å²) < 4.78 is 5.70. The summed E-state index contributed by atoms with van der Waals surface area (Å²) in [6, 6.07) is 4.07. The Morgan fingerprint density at radius 2 is 2.17 bits per heavy atom. The van der Waals surface area contributed by atoms with Gasteiger partial charge in [-0.05, 0) is 30.9 Å². The van der Waals surface area contributed by atoms with Gasteiger partial charge in [-0.15, -0.1) is 0 Å². The molecule has 0 bridgehead atoms. The third kappa shape index (κ3) is 6.01. The van der Waals surface area contributed by atoms with E-state index in [2.05, 4.69) is 37.1 Å². The van der Waals surface area contributed by atoms with Gasteiger partial charge in [-0.2, -0.15) is 0 Å². The number of anilines is 1. The Hall–Kier alpha value is -1.09. The zero-order chi connectivity index (χ0) is 13.2. The first kappa shape index (κ1) is 15.0. The molecule has 0 aliphatic carbocycles. The molecule has 0 amide bonds. The third-order valence-corrected chi connectivity index (χ3v) is 2.83. The highest BCUT2D eigenvalue weighted by Crippen LogP contribution is 2.10. The van der Waals surface area contributed by atoms with Crippen LogP contribution in [-0.2, 0) is 11.3 Å². The first-order valence-electron chi connectivity index (χ1n) is 7.02. The summed E-state index contributed by atoms with van der Waals surface area (Å²) in [5.74, 6) is 0.636. The lowest BCUT2D eigenvalue weighted by atomic mass is 10.1. The van der Waals surface area contributed by atoms with Crippen LogP contribution in [0.1, 0.15) is 45.7 Å². The molecule has 0 radical (unpaired) electrons. The highest BCUT2D eigenvalue weighted by atomic mass is 16.5. The normalized spacial score (nSPS) is 12.4. The van der Waals surface area contributed by atoms with Crippen molar-refractivity contribution in [2.75, 3.05) is 18.5 Å². The summed E-state index contributed by atoms with van der Waals surface area (Å²) in [6.45, 7) is 9.03. The number of hydrogen-bond acceptors (Lipinski definition) is 3. The van der Waals surface area contributed by atoms with Crippen molar-refractivity contribution in [1.29, 1.82) is 0 Å². The molecule has 1 aromatic heterocycles. The van der Waals surface area contributed by atoms with Gasteiger partial charge >= 0.3 is 0 Å². The van der Waals surface area contributed by atoms with E-state index in [4.69, 9.17) is 4.74 Å². The number of rotatable bonds is 9. The minimum atomic E-state index is 0.607. The Kier molecular flexibility index (Phi) is 7.42. The quantitative estimate of drug-likeness (QED) is 0.722. The second kappa shape index (κ2) is 8.92. The Morgan fingerprint density at radius 3 is 2.89 bits per heavy atom. The Labute approximate surface area is 111 Å². The van der Waals surface area contributed by atoms with Crippen LogP contribution in [0.25, 0.3) is 0 Å². The minimum Gasteiger partial charge on any atom is -0.385 e. The van der Waals surface area contributed by atoms with E-state index in [-0.39, 0.29) is 0 Å². The molecule has 0 fully saturated rings. The molecule has 1 rings (SSSR count). The minimum absolute atomic E-state index is 0.607. The topological polar surface area (TPSA) is 34.2 Å². The predicted octanol–water partition coefficient (Wildman–Crippen LogP) is 3.86. The van der Waals surface area contributed by atoms with Crippen molar-refractivity contribution in [1.82, 2.24) is 4.98 Å². The summed E-state index contributed by atoms with van der Waals surface area (Å²) >= 11 is 0. The molecule has 0 saturated heterocycles. The van der Waals surface area contributed by atoms with Crippen LogP contribution in [-0.4, -0.2) is 18.1 Å². The summed E-state index contributed by atoms with van der Waals surface area (Å²) in [5, 5.41) is 3.36. The van der Waals surface area contributed by atoms with Crippen molar-refractivity contribution in [2.45, 2.75) is 46.6 Å². The molecule has 1 N–H and O–H groups in total. The van der Waals surface area contributed by atoms with Crippen molar-refractivity contribution in [3.05, 3.63) is 24.0 Å². The molecule has 0 aliphatic rings. The number of aromatic nitrogens is 1. The molecule has 18 heavy (non-hydrogen) atoms. The molecule has 102 valence electrons. The highest BCUT2D eigenvalue weighted by Gasteiger charge is 2.02. The molecule has 0 aliphatic heterocycles.